The van der Waals surface area contributed by atoms with Crippen molar-refractivity contribution in [2.45, 2.75) is 6.42 Å². The third-order valence-electron chi connectivity index (χ3n) is 4.24. The molecule has 4 rings (SSSR count). The first-order chi connectivity index (χ1) is 12.2. The number of hydrogen-bond donors (Lipinski definition) is 2. The number of nitrogens with one attached hydrogen (secondary N) is 2. The SMILES string of the molecule is O=C1NCCc2[nH]c(-c3ccnc(/C=C/c4ccccc4Br)c3)cc21. The predicted molar refractivity (Wildman–Crippen MR) is 103 cm³/mol. The minimum atomic E-state index is -0.00754. The van der Waals surface area contributed by atoms with Crippen LogP contribution in [0.25, 0.3) is 23.4 Å². The maximum Gasteiger partial charge on any atom is 0.253 e. The minimum absolute atomic E-state index is 0.00754. The third kappa shape index (κ3) is 3.28. The summed E-state index contributed by atoms with van der Waals surface area (Å²) in [6.45, 7) is 0.683. The summed E-state index contributed by atoms with van der Waals surface area (Å²) in [4.78, 5) is 19.7. The standard InChI is InChI=1S/C20H16BrN3O/c21-17-4-2-1-3-13(17)5-6-15-11-14(7-9-22-15)19-12-16-18(24-19)8-10-23-20(16)25/h1-7,9,11-12,24H,8,10H2,(H,23,25)/b6-5+. The molecule has 5 heteroatoms. The van der Waals surface area contributed by atoms with E-state index in [0.29, 0.717) is 6.54 Å². The van der Waals surface area contributed by atoms with Crippen LogP contribution in [0.2, 0.25) is 0 Å². The molecule has 0 atom stereocenters. The van der Waals surface area contributed by atoms with Gasteiger partial charge in [0.25, 0.3) is 5.91 Å². The zero-order valence-electron chi connectivity index (χ0n) is 13.4. The second kappa shape index (κ2) is 6.69. The van der Waals surface area contributed by atoms with E-state index in [2.05, 4.69) is 31.2 Å². The second-order valence-electron chi connectivity index (χ2n) is 5.91. The number of hydrogen-bond acceptors (Lipinski definition) is 2. The van der Waals surface area contributed by atoms with Gasteiger partial charge in [0, 0.05) is 40.6 Å². The highest BCUT2D eigenvalue weighted by Crippen LogP contribution is 2.25. The highest BCUT2D eigenvalue weighted by molar-refractivity contribution is 9.10. The summed E-state index contributed by atoms with van der Waals surface area (Å²) >= 11 is 3.54. The second-order valence-corrected chi connectivity index (χ2v) is 6.76. The maximum atomic E-state index is 11.9. The molecular weight excluding hydrogens is 378 g/mol. The van der Waals surface area contributed by atoms with Crippen molar-refractivity contribution in [3.63, 3.8) is 0 Å². The van der Waals surface area contributed by atoms with E-state index in [-0.39, 0.29) is 5.91 Å². The van der Waals surface area contributed by atoms with Crippen LogP contribution in [-0.4, -0.2) is 22.4 Å². The molecule has 1 aromatic carbocycles. The Morgan fingerprint density at radius 3 is 2.84 bits per heavy atom. The highest BCUT2D eigenvalue weighted by Gasteiger charge is 2.19. The van der Waals surface area contributed by atoms with Crippen LogP contribution in [-0.2, 0) is 6.42 Å². The monoisotopic (exact) mass is 393 g/mol. The fourth-order valence-electron chi connectivity index (χ4n) is 2.94. The van der Waals surface area contributed by atoms with Gasteiger partial charge in [-0.3, -0.25) is 9.78 Å². The Hall–Kier alpha value is -2.66. The lowest BCUT2D eigenvalue weighted by atomic mass is 10.1. The van der Waals surface area contributed by atoms with E-state index in [1.54, 1.807) is 6.20 Å². The van der Waals surface area contributed by atoms with Crippen molar-refractivity contribution in [3.8, 4) is 11.3 Å². The molecule has 3 heterocycles. The molecule has 0 fully saturated rings. The summed E-state index contributed by atoms with van der Waals surface area (Å²) in [6.07, 6.45) is 6.64. The molecule has 0 aliphatic carbocycles. The number of aromatic amines is 1. The van der Waals surface area contributed by atoms with Crippen LogP contribution < -0.4 is 5.32 Å². The van der Waals surface area contributed by atoms with Crippen molar-refractivity contribution in [2.24, 2.45) is 0 Å². The number of carbonyl (C=O) groups is 1. The van der Waals surface area contributed by atoms with E-state index in [9.17, 15) is 4.79 Å². The topological polar surface area (TPSA) is 57.8 Å². The van der Waals surface area contributed by atoms with Gasteiger partial charge in [0.15, 0.2) is 0 Å². The number of nitrogens with zero attached hydrogens (tertiary/aromatic N) is 1. The lowest BCUT2D eigenvalue weighted by molar-refractivity contribution is 0.0946. The Morgan fingerprint density at radius 2 is 2.00 bits per heavy atom. The molecule has 2 aromatic heterocycles. The average Bonchev–Trinajstić information content (AvgIpc) is 3.07. The zero-order chi connectivity index (χ0) is 17.2. The first kappa shape index (κ1) is 15.8. The van der Waals surface area contributed by atoms with E-state index in [4.69, 9.17) is 0 Å². The van der Waals surface area contributed by atoms with E-state index >= 15 is 0 Å². The molecule has 0 unspecified atom stereocenters. The van der Waals surface area contributed by atoms with E-state index in [1.165, 1.54) is 0 Å². The van der Waals surface area contributed by atoms with Crippen molar-refractivity contribution < 1.29 is 4.79 Å². The number of rotatable bonds is 3. The molecule has 1 aliphatic heterocycles. The summed E-state index contributed by atoms with van der Waals surface area (Å²) in [6, 6.07) is 13.9. The van der Waals surface area contributed by atoms with E-state index < -0.39 is 0 Å². The van der Waals surface area contributed by atoms with Gasteiger partial charge in [0.1, 0.15) is 0 Å². The van der Waals surface area contributed by atoms with Gasteiger partial charge in [-0.05, 0) is 35.9 Å². The Kier molecular flexibility index (Phi) is 4.24. The van der Waals surface area contributed by atoms with Crippen LogP contribution in [0.4, 0.5) is 0 Å². The fraction of sp³-hybridized carbons (Fsp3) is 0.100. The summed E-state index contributed by atoms with van der Waals surface area (Å²) in [5.74, 6) is -0.00754. The molecule has 1 aliphatic rings. The average molecular weight is 394 g/mol. The van der Waals surface area contributed by atoms with Crippen LogP contribution in [0.3, 0.4) is 0 Å². The smallest absolute Gasteiger partial charge is 0.253 e. The molecule has 0 saturated heterocycles. The van der Waals surface area contributed by atoms with Crippen molar-refractivity contribution in [1.82, 2.24) is 15.3 Å². The quantitative estimate of drug-likeness (QED) is 0.696. The van der Waals surface area contributed by atoms with Gasteiger partial charge in [0.05, 0.1) is 11.3 Å². The summed E-state index contributed by atoms with van der Waals surface area (Å²) in [5, 5.41) is 2.87. The fourth-order valence-corrected chi connectivity index (χ4v) is 3.36. The van der Waals surface area contributed by atoms with Crippen molar-refractivity contribution in [3.05, 3.63) is 75.6 Å². The van der Waals surface area contributed by atoms with Crippen molar-refractivity contribution in [2.75, 3.05) is 6.54 Å². The largest absolute Gasteiger partial charge is 0.358 e. The Morgan fingerprint density at radius 1 is 1.12 bits per heavy atom. The normalized spacial score (nSPS) is 13.7. The van der Waals surface area contributed by atoms with Gasteiger partial charge < -0.3 is 10.3 Å². The Balaban J connectivity index is 1.64. The summed E-state index contributed by atoms with van der Waals surface area (Å²) in [5.41, 5.74) is 5.67. The number of amides is 1. The number of fused-ring (bicyclic) bond motifs is 1. The Bertz CT molecular complexity index is 975. The first-order valence-electron chi connectivity index (χ1n) is 8.10. The molecule has 4 nitrogen and oxygen atoms in total. The van der Waals surface area contributed by atoms with E-state index in [0.717, 1.165) is 44.7 Å². The van der Waals surface area contributed by atoms with Crippen molar-refractivity contribution in [1.29, 1.82) is 0 Å². The molecular formula is C20H16BrN3O. The van der Waals surface area contributed by atoms with Gasteiger partial charge in [-0.1, -0.05) is 40.2 Å². The van der Waals surface area contributed by atoms with Gasteiger partial charge in [-0.15, -0.1) is 0 Å². The number of pyridine rings is 1. The van der Waals surface area contributed by atoms with Crippen LogP contribution >= 0.6 is 15.9 Å². The molecule has 3 aromatic rings. The number of halogens is 1. The molecule has 0 bridgehead atoms. The van der Waals surface area contributed by atoms with Crippen molar-refractivity contribution >= 4 is 34.0 Å². The maximum absolute atomic E-state index is 11.9. The number of benzene rings is 1. The zero-order valence-corrected chi connectivity index (χ0v) is 15.0. The van der Waals surface area contributed by atoms with Gasteiger partial charge in [0.2, 0.25) is 0 Å². The molecule has 0 radical (unpaired) electrons. The predicted octanol–water partition coefficient (Wildman–Crippen LogP) is 4.30. The van der Waals surface area contributed by atoms with Crippen LogP contribution in [0.5, 0.6) is 0 Å². The van der Waals surface area contributed by atoms with Gasteiger partial charge in [-0.25, -0.2) is 0 Å². The lowest BCUT2D eigenvalue weighted by Gasteiger charge is -2.10. The molecule has 124 valence electrons. The number of aromatic nitrogens is 2. The molecule has 1 amide bonds. The summed E-state index contributed by atoms with van der Waals surface area (Å²) in [7, 11) is 0. The molecule has 2 N–H and O–H groups in total. The highest BCUT2D eigenvalue weighted by atomic mass is 79.9. The Labute approximate surface area is 154 Å². The van der Waals surface area contributed by atoms with Crippen LogP contribution in [0, 0.1) is 0 Å². The minimum Gasteiger partial charge on any atom is -0.358 e. The first-order valence-corrected chi connectivity index (χ1v) is 8.89. The number of H-pyrrole nitrogens is 1. The van der Waals surface area contributed by atoms with Gasteiger partial charge in [-0.2, -0.15) is 0 Å². The van der Waals surface area contributed by atoms with Crippen LogP contribution in [0.15, 0.2) is 53.1 Å². The number of carbonyl (C=O) groups excluding carboxylic acids is 1. The molecule has 0 spiro atoms. The molecule has 0 saturated carbocycles. The third-order valence-corrected chi connectivity index (χ3v) is 4.96. The lowest BCUT2D eigenvalue weighted by Crippen LogP contribution is -2.31. The van der Waals surface area contributed by atoms with E-state index in [1.807, 2.05) is 54.6 Å². The van der Waals surface area contributed by atoms with Gasteiger partial charge >= 0.3 is 0 Å². The summed E-state index contributed by atoms with van der Waals surface area (Å²) < 4.78 is 1.05. The molecule has 25 heavy (non-hydrogen) atoms. The van der Waals surface area contributed by atoms with Crippen LogP contribution in [0.1, 0.15) is 27.3 Å².